The van der Waals surface area contributed by atoms with Gasteiger partial charge in [-0.2, -0.15) is 5.26 Å². The average Bonchev–Trinajstić information content (AvgIpc) is 2.59. The third-order valence-electron chi connectivity index (χ3n) is 6.11. The highest BCUT2D eigenvalue weighted by Gasteiger charge is 2.41. The van der Waals surface area contributed by atoms with Crippen molar-refractivity contribution in [2.24, 2.45) is 5.41 Å². The van der Waals surface area contributed by atoms with Gasteiger partial charge in [-0.05, 0) is 48.8 Å². The SMILES string of the molecule is COc1ccc2c(c1)C(N1CCC3(CCC3)CC1)=C(C#N)C(=O)C2. The molecular formula is C20H22N2O2. The maximum atomic E-state index is 12.5. The van der Waals surface area contributed by atoms with E-state index in [9.17, 15) is 10.1 Å². The molecule has 1 aromatic carbocycles. The van der Waals surface area contributed by atoms with E-state index < -0.39 is 0 Å². The van der Waals surface area contributed by atoms with Crippen LogP contribution in [-0.4, -0.2) is 30.9 Å². The molecule has 4 heteroatoms. The molecule has 24 heavy (non-hydrogen) atoms. The molecule has 1 saturated heterocycles. The minimum Gasteiger partial charge on any atom is -0.497 e. The Labute approximate surface area is 142 Å². The Bertz CT molecular complexity index is 758. The summed E-state index contributed by atoms with van der Waals surface area (Å²) < 4.78 is 5.36. The number of carbonyl (C=O) groups is 1. The highest BCUT2D eigenvalue weighted by Crippen LogP contribution is 2.50. The Morgan fingerprint density at radius 2 is 1.96 bits per heavy atom. The summed E-state index contributed by atoms with van der Waals surface area (Å²) in [6, 6.07) is 8.00. The van der Waals surface area contributed by atoms with Crippen molar-refractivity contribution in [2.45, 2.75) is 38.5 Å². The number of methoxy groups -OCH3 is 1. The fourth-order valence-corrected chi connectivity index (χ4v) is 4.41. The molecule has 0 bridgehead atoms. The highest BCUT2D eigenvalue weighted by molar-refractivity contribution is 6.10. The Kier molecular flexibility index (Phi) is 3.60. The predicted octanol–water partition coefficient (Wildman–Crippen LogP) is 3.32. The summed E-state index contributed by atoms with van der Waals surface area (Å²) in [5, 5.41) is 9.59. The number of nitriles is 1. The van der Waals surface area contributed by atoms with Crippen LogP contribution in [0, 0.1) is 16.7 Å². The Hall–Kier alpha value is -2.28. The third-order valence-corrected chi connectivity index (χ3v) is 6.11. The smallest absolute Gasteiger partial charge is 0.179 e. The van der Waals surface area contributed by atoms with Gasteiger partial charge in [0.2, 0.25) is 0 Å². The molecule has 124 valence electrons. The standard InChI is InChI=1S/C20H22N2O2/c1-24-15-4-3-14-11-18(23)17(13-21)19(16(14)12-15)22-9-7-20(8-10-22)5-2-6-20/h3-4,12H,2,5-11H2,1H3. The Morgan fingerprint density at radius 1 is 1.21 bits per heavy atom. The van der Waals surface area contributed by atoms with Crippen LogP contribution in [0.4, 0.5) is 0 Å². The first kappa shape index (κ1) is 15.3. The highest BCUT2D eigenvalue weighted by atomic mass is 16.5. The van der Waals surface area contributed by atoms with Gasteiger partial charge in [0.25, 0.3) is 0 Å². The van der Waals surface area contributed by atoms with Crippen molar-refractivity contribution in [3.05, 3.63) is 34.9 Å². The molecule has 2 aliphatic carbocycles. The monoisotopic (exact) mass is 322 g/mol. The van der Waals surface area contributed by atoms with Crippen LogP contribution in [0.2, 0.25) is 0 Å². The lowest BCUT2D eigenvalue weighted by Gasteiger charge is -2.49. The quantitative estimate of drug-likeness (QED) is 0.838. The first-order valence-corrected chi connectivity index (χ1v) is 8.76. The second-order valence-electron chi connectivity index (χ2n) is 7.30. The first-order chi connectivity index (χ1) is 11.7. The normalized spacial score (nSPS) is 22.0. The Morgan fingerprint density at radius 3 is 2.54 bits per heavy atom. The molecule has 1 heterocycles. The van der Waals surface area contributed by atoms with Crippen LogP contribution in [0.1, 0.15) is 43.2 Å². The molecule has 3 aliphatic rings. The summed E-state index contributed by atoms with van der Waals surface area (Å²) in [5.41, 5.74) is 3.69. The average molecular weight is 322 g/mol. The van der Waals surface area contributed by atoms with Crippen LogP contribution in [0.3, 0.4) is 0 Å². The number of Topliss-reactive ketones (excluding diaryl/α,β-unsaturated/α-hetero) is 1. The first-order valence-electron chi connectivity index (χ1n) is 8.76. The van der Waals surface area contributed by atoms with E-state index in [4.69, 9.17) is 4.74 Å². The molecule has 0 N–H and O–H groups in total. The van der Waals surface area contributed by atoms with Gasteiger partial charge < -0.3 is 9.64 Å². The zero-order chi connectivity index (χ0) is 16.7. The minimum absolute atomic E-state index is 0.0610. The van der Waals surface area contributed by atoms with Crippen LogP contribution < -0.4 is 4.74 Å². The second kappa shape index (κ2) is 5.66. The maximum Gasteiger partial charge on any atom is 0.179 e. The van der Waals surface area contributed by atoms with Gasteiger partial charge in [0.05, 0.1) is 12.8 Å². The fourth-order valence-electron chi connectivity index (χ4n) is 4.41. The molecular weight excluding hydrogens is 300 g/mol. The van der Waals surface area contributed by atoms with Crippen molar-refractivity contribution in [3.8, 4) is 11.8 Å². The molecule has 1 aliphatic heterocycles. The van der Waals surface area contributed by atoms with Gasteiger partial charge in [0.15, 0.2) is 5.78 Å². The predicted molar refractivity (Wildman–Crippen MR) is 91.3 cm³/mol. The van der Waals surface area contributed by atoms with Crippen LogP contribution >= 0.6 is 0 Å². The lowest BCUT2D eigenvalue weighted by Crippen LogP contribution is -2.43. The van der Waals surface area contributed by atoms with Crippen molar-refractivity contribution in [3.63, 3.8) is 0 Å². The number of hydrogen-bond acceptors (Lipinski definition) is 4. The number of carbonyl (C=O) groups excluding carboxylic acids is 1. The number of nitrogens with zero attached hydrogens (tertiary/aromatic N) is 2. The van der Waals surface area contributed by atoms with E-state index in [-0.39, 0.29) is 5.78 Å². The number of allylic oxidation sites excluding steroid dienone is 1. The van der Waals surface area contributed by atoms with Crippen LogP contribution in [0.15, 0.2) is 23.8 Å². The van der Waals surface area contributed by atoms with Crippen LogP contribution in [0.25, 0.3) is 5.70 Å². The van der Waals surface area contributed by atoms with Gasteiger partial charge in [0.1, 0.15) is 17.4 Å². The van der Waals surface area contributed by atoms with Gasteiger partial charge in [-0.1, -0.05) is 12.5 Å². The molecule has 4 nitrogen and oxygen atoms in total. The van der Waals surface area contributed by atoms with Crippen LogP contribution in [-0.2, 0) is 11.2 Å². The van der Waals surface area contributed by atoms with E-state index in [1.165, 1.54) is 32.1 Å². The molecule has 0 aromatic heterocycles. The van der Waals surface area contributed by atoms with Crippen molar-refractivity contribution in [1.29, 1.82) is 5.26 Å². The van der Waals surface area contributed by atoms with Gasteiger partial charge in [-0.15, -0.1) is 0 Å². The number of piperidine rings is 1. The third kappa shape index (κ3) is 2.31. The lowest BCUT2D eigenvalue weighted by molar-refractivity contribution is -0.114. The largest absolute Gasteiger partial charge is 0.497 e. The number of rotatable bonds is 2. The zero-order valence-electron chi connectivity index (χ0n) is 14.1. The molecule has 1 aromatic rings. The molecule has 1 spiro atoms. The molecule has 4 rings (SSSR count). The number of hydrogen-bond donors (Lipinski definition) is 0. The molecule has 2 fully saturated rings. The van der Waals surface area contributed by atoms with E-state index in [1.807, 2.05) is 18.2 Å². The summed E-state index contributed by atoms with van der Waals surface area (Å²) in [6.07, 6.45) is 6.68. The van der Waals surface area contributed by atoms with E-state index in [0.717, 1.165) is 35.7 Å². The van der Waals surface area contributed by atoms with Gasteiger partial charge in [-0.3, -0.25) is 4.79 Å². The number of likely N-dealkylation sites (tertiary alicyclic amines) is 1. The van der Waals surface area contributed by atoms with E-state index in [1.54, 1.807) is 7.11 Å². The van der Waals surface area contributed by atoms with Gasteiger partial charge in [0, 0.05) is 25.1 Å². The second-order valence-corrected chi connectivity index (χ2v) is 7.30. The minimum atomic E-state index is -0.0610. The zero-order valence-corrected chi connectivity index (χ0v) is 14.1. The molecule has 0 atom stereocenters. The van der Waals surface area contributed by atoms with E-state index >= 15 is 0 Å². The van der Waals surface area contributed by atoms with Crippen molar-refractivity contribution in [2.75, 3.05) is 20.2 Å². The molecule has 0 amide bonds. The lowest BCUT2D eigenvalue weighted by atomic mass is 9.63. The summed E-state index contributed by atoms with van der Waals surface area (Å²) in [7, 11) is 1.64. The number of ether oxygens (including phenoxy) is 1. The number of ketones is 1. The van der Waals surface area contributed by atoms with Crippen molar-refractivity contribution < 1.29 is 9.53 Å². The number of fused-ring (bicyclic) bond motifs is 1. The van der Waals surface area contributed by atoms with Gasteiger partial charge >= 0.3 is 0 Å². The fraction of sp³-hybridized carbons (Fsp3) is 0.500. The Balaban J connectivity index is 1.73. The maximum absolute atomic E-state index is 12.5. The number of benzene rings is 1. The van der Waals surface area contributed by atoms with Crippen molar-refractivity contribution in [1.82, 2.24) is 4.90 Å². The van der Waals surface area contributed by atoms with E-state index in [2.05, 4.69) is 11.0 Å². The summed E-state index contributed by atoms with van der Waals surface area (Å²) in [4.78, 5) is 14.7. The summed E-state index contributed by atoms with van der Waals surface area (Å²) in [5.74, 6) is 0.708. The van der Waals surface area contributed by atoms with Gasteiger partial charge in [-0.25, -0.2) is 0 Å². The molecule has 1 saturated carbocycles. The molecule has 0 radical (unpaired) electrons. The summed E-state index contributed by atoms with van der Waals surface area (Å²) >= 11 is 0. The summed E-state index contributed by atoms with van der Waals surface area (Å²) in [6.45, 7) is 1.87. The van der Waals surface area contributed by atoms with Crippen molar-refractivity contribution >= 4 is 11.5 Å². The topological polar surface area (TPSA) is 53.3 Å². The molecule has 0 unspecified atom stereocenters. The van der Waals surface area contributed by atoms with E-state index in [0.29, 0.717) is 17.4 Å². The van der Waals surface area contributed by atoms with Crippen LogP contribution in [0.5, 0.6) is 5.75 Å².